The second-order valence-electron chi connectivity index (χ2n) is 6.00. The highest BCUT2D eigenvalue weighted by atomic mass is 19.1. The molecule has 0 aliphatic carbocycles. The van der Waals surface area contributed by atoms with Gasteiger partial charge in [-0.2, -0.15) is 0 Å². The molecule has 0 radical (unpaired) electrons. The van der Waals surface area contributed by atoms with E-state index < -0.39 is 11.7 Å². The Morgan fingerprint density at radius 3 is 2.33 bits per heavy atom. The van der Waals surface area contributed by atoms with E-state index in [0.717, 1.165) is 30.0 Å². The van der Waals surface area contributed by atoms with Crippen molar-refractivity contribution in [2.45, 2.75) is 6.42 Å². The summed E-state index contributed by atoms with van der Waals surface area (Å²) < 4.78 is 19.0. The molecule has 0 fully saturated rings. The number of nitrogens with one attached hydrogen (secondary N) is 2. The van der Waals surface area contributed by atoms with E-state index in [1.165, 1.54) is 12.1 Å². The molecule has 0 aliphatic rings. The molecular formula is C22H21FN2O2. The fourth-order valence-electron chi connectivity index (χ4n) is 2.77. The zero-order valence-electron chi connectivity index (χ0n) is 15.0. The van der Waals surface area contributed by atoms with Gasteiger partial charge in [0.05, 0.1) is 12.7 Å². The SMILES string of the molecule is COc1ccccc1CCNc1ccc(NC(=O)c2ccccc2F)cc1. The number of benzene rings is 3. The summed E-state index contributed by atoms with van der Waals surface area (Å²) in [6.07, 6.45) is 0.829. The Bertz CT molecular complexity index is 910. The number of hydrogen-bond donors (Lipinski definition) is 2. The molecule has 0 spiro atoms. The van der Waals surface area contributed by atoms with Gasteiger partial charge < -0.3 is 15.4 Å². The number of anilines is 2. The minimum atomic E-state index is -0.537. The first-order valence-electron chi connectivity index (χ1n) is 8.69. The van der Waals surface area contributed by atoms with Crippen LogP contribution < -0.4 is 15.4 Å². The molecule has 138 valence electrons. The van der Waals surface area contributed by atoms with Crippen LogP contribution in [0, 0.1) is 5.82 Å². The number of carbonyl (C=O) groups excluding carboxylic acids is 1. The van der Waals surface area contributed by atoms with Crippen molar-refractivity contribution in [1.29, 1.82) is 0 Å². The molecule has 1 amide bonds. The Morgan fingerprint density at radius 1 is 0.926 bits per heavy atom. The van der Waals surface area contributed by atoms with Crippen molar-refractivity contribution < 1.29 is 13.9 Å². The lowest BCUT2D eigenvalue weighted by Crippen LogP contribution is -2.13. The van der Waals surface area contributed by atoms with Crippen LogP contribution in [0.3, 0.4) is 0 Å². The maximum Gasteiger partial charge on any atom is 0.258 e. The molecular weight excluding hydrogens is 343 g/mol. The molecule has 0 heterocycles. The number of hydrogen-bond acceptors (Lipinski definition) is 3. The molecule has 0 aliphatic heterocycles. The van der Waals surface area contributed by atoms with Crippen LogP contribution in [0.4, 0.5) is 15.8 Å². The number of rotatable bonds is 7. The van der Waals surface area contributed by atoms with Gasteiger partial charge in [0.15, 0.2) is 0 Å². The topological polar surface area (TPSA) is 50.4 Å². The van der Waals surface area contributed by atoms with Gasteiger partial charge in [-0.15, -0.1) is 0 Å². The summed E-state index contributed by atoms with van der Waals surface area (Å²) in [6, 6.07) is 21.2. The second kappa shape index (κ2) is 8.85. The van der Waals surface area contributed by atoms with Crippen molar-refractivity contribution in [3.63, 3.8) is 0 Å². The molecule has 3 aromatic rings. The van der Waals surface area contributed by atoms with E-state index >= 15 is 0 Å². The highest BCUT2D eigenvalue weighted by Gasteiger charge is 2.10. The number of para-hydroxylation sites is 1. The van der Waals surface area contributed by atoms with Crippen LogP contribution in [0.15, 0.2) is 72.8 Å². The van der Waals surface area contributed by atoms with Crippen LogP contribution in [0.2, 0.25) is 0 Å². The molecule has 0 unspecified atom stereocenters. The minimum Gasteiger partial charge on any atom is -0.496 e. The third kappa shape index (κ3) is 4.85. The summed E-state index contributed by atoms with van der Waals surface area (Å²) in [6.45, 7) is 0.751. The molecule has 0 bridgehead atoms. The number of halogens is 1. The van der Waals surface area contributed by atoms with Crippen LogP contribution >= 0.6 is 0 Å². The Hall–Kier alpha value is -3.34. The van der Waals surface area contributed by atoms with E-state index in [9.17, 15) is 9.18 Å². The van der Waals surface area contributed by atoms with Crippen molar-refractivity contribution in [1.82, 2.24) is 0 Å². The van der Waals surface area contributed by atoms with Gasteiger partial charge in [-0.1, -0.05) is 30.3 Å². The quantitative estimate of drug-likeness (QED) is 0.637. The van der Waals surface area contributed by atoms with E-state index in [2.05, 4.69) is 10.6 Å². The van der Waals surface area contributed by atoms with Crippen molar-refractivity contribution in [2.24, 2.45) is 0 Å². The second-order valence-corrected chi connectivity index (χ2v) is 6.00. The number of ether oxygens (including phenoxy) is 1. The molecule has 5 heteroatoms. The number of amides is 1. The number of methoxy groups -OCH3 is 1. The summed E-state index contributed by atoms with van der Waals surface area (Å²) in [5.74, 6) is -0.125. The van der Waals surface area contributed by atoms with Gasteiger partial charge in [-0.05, 0) is 54.4 Å². The van der Waals surface area contributed by atoms with Crippen molar-refractivity contribution in [3.05, 3.63) is 89.7 Å². The molecule has 2 N–H and O–H groups in total. The van der Waals surface area contributed by atoms with Gasteiger partial charge in [0.25, 0.3) is 5.91 Å². The average molecular weight is 364 g/mol. The standard InChI is InChI=1S/C22H21FN2O2/c1-27-21-9-5-2-6-16(21)14-15-24-17-10-12-18(13-11-17)25-22(26)19-7-3-4-8-20(19)23/h2-13,24H,14-15H2,1H3,(H,25,26). The third-order valence-electron chi connectivity index (χ3n) is 4.18. The largest absolute Gasteiger partial charge is 0.496 e. The number of carbonyl (C=O) groups is 1. The van der Waals surface area contributed by atoms with Gasteiger partial charge >= 0.3 is 0 Å². The highest BCUT2D eigenvalue weighted by molar-refractivity contribution is 6.04. The lowest BCUT2D eigenvalue weighted by atomic mass is 10.1. The van der Waals surface area contributed by atoms with E-state index in [1.807, 2.05) is 36.4 Å². The van der Waals surface area contributed by atoms with E-state index in [4.69, 9.17) is 4.74 Å². The van der Waals surface area contributed by atoms with Gasteiger partial charge in [0.2, 0.25) is 0 Å². The monoisotopic (exact) mass is 364 g/mol. The maximum atomic E-state index is 13.7. The Balaban J connectivity index is 1.54. The molecule has 4 nitrogen and oxygen atoms in total. The molecule has 0 atom stereocenters. The van der Waals surface area contributed by atoms with Gasteiger partial charge in [-0.25, -0.2) is 4.39 Å². The van der Waals surface area contributed by atoms with Crippen LogP contribution in [0.25, 0.3) is 0 Å². The van der Waals surface area contributed by atoms with Gasteiger partial charge in [0.1, 0.15) is 11.6 Å². The summed E-state index contributed by atoms with van der Waals surface area (Å²) in [4.78, 5) is 12.1. The Morgan fingerprint density at radius 2 is 1.59 bits per heavy atom. The lowest BCUT2D eigenvalue weighted by molar-refractivity contribution is 0.102. The summed E-state index contributed by atoms with van der Waals surface area (Å²) >= 11 is 0. The molecule has 27 heavy (non-hydrogen) atoms. The summed E-state index contributed by atoms with van der Waals surface area (Å²) in [7, 11) is 1.67. The molecule has 3 rings (SSSR count). The van der Waals surface area contributed by atoms with Crippen LogP contribution in [0.5, 0.6) is 5.75 Å². The Labute approximate surface area is 158 Å². The predicted molar refractivity (Wildman–Crippen MR) is 106 cm³/mol. The van der Waals surface area contributed by atoms with Gasteiger partial charge in [0, 0.05) is 17.9 Å². The van der Waals surface area contributed by atoms with E-state index in [-0.39, 0.29) is 5.56 Å². The normalized spacial score (nSPS) is 10.3. The van der Waals surface area contributed by atoms with Crippen LogP contribution in [0.1, 0.15) is 15.9 Å². The third-order valence-corrected chi connectivity index (χ3v) is 4.18. The average Bonchev–Trinajstić information content (AvgIpc) is 2.70. The van der Waals surface area contributed by atoms with E-state index in [0.29, 0.717) is 5.69 Å². The predicted octanol–water partition coefficient (Wildman–Crippen LogP) is 4.74. The fraction of sp³-hybridized carbons (Fsp3) is 0.136. The molecule has 0 saturated heterocycles. The van der Waals surface area contributed by atoms with Gasteiger partial charge in [-0.3, -0.25) is 4.79 Å². The summed E-state index contributed by atoms with van der Waals surface area (Å²) in [5, 5.41) is 6.04. The molecule has 0 saturated carbocycles. The van der Waals surface area contributed by atoms with Crippen molar-refractivity contribution in [2.75, 3.05) is 24.3 Å². The van der Waals surface area contributed by atoms with Crippen LogP contribution in [-0.4, -0.2) is 19.6 Å². The molecule has 3 aromatic carbocycles. The molecule has 0 aromatic heterocycles. The first kappa shape index (κ1) is 18.5. The first-order valence-corrected chi connectivity index (χ1v) is 8.69. The maximum absolute atomic E-state index is 13.7. The first-order chi connectivity index (χ1) is 13.2. The zero-order chi connectivity index (χ0) is 19.1. The fourth-order valence-corrected chi connectivity index (χ4v) is 2.77. The lowest BCUT2D eigenvalue weighted by Gasteiger charge is -2.11. The van der Waals surface area contributed by atoms with E-state index in [1.54, 1.807) is 31.4 Å². The van der Waals surface area contributed by atoms with Crippen LogP contribution in [-0.2, 0) is 6.42 Å². The minimum absolute atomic E-state index is 0.0245. The zero-order valence-corrected chi connectivity index (χ0v) is 15.0. The summed E-state index contributed by atoms with van der Waals surface area (Å²) in [5.41, 5.74) is 2.71. The van der Waals surface area contributed by atoms with Crippen molar-refractivity contribution >= 4 is 17.3 Å². The Kier molecular flexibility index (Phi) is 6.05. The van der Waals surface area contributed by atoms with Crippen molar-refractivity contribution in [3.8, 4) is 5.75 Å². The smallest absolute Gasteiger partial charge is 0.258 e. The highest BCUT2D eigenvalue weighted by Crippen LogP contribution is 2.19.